The van der Waals surface area contributed by atoms with Crippen molar-refractivity contribution in [3.8, 4) is 0 Å². The van der Waals surface area contributed by atoms with Crippen LogP contribution in [0.1, 0.15) is 51.4 Å². The van der Waals surface area contributed by atoms with E-state index in [1.807, 2.05) is 3.22 Å². The number of nitrogens with one attached hydrogen (secondary N) is 2. The van der Waals surface area contributed by atoms with Crippen LogP contribution in [-0.2, 0) is 19.1 Å². The Labute approximate surface area is 196 Å². The first-order valence-corrected chi connectivity index (χ1v) is 25.1. The van der Waals surface area contributed by atoms with Gasteiger partial charge in [0.1, 0.15) is 0 Å². The molecule has 6 atom stereocenters. The molecule has 4 aliphatic rings. The Morgan fingerprint density at radius 1 is 1.11 bits per heavy atom. The van der Waals surface area contributed by atoms with E-state index in [4.69, 9.17) is 9.47 Å². The van der Waals surface area contributed by atoms with E-state index < -0.39 is 0 Å². The molecule has 1 aliphatic heterocycles. The number of esters is 2. The summed E-state index contributed by atoms with van der Waals surface area (Å²) in [7, 11) is 0. The van der Waals surface area contributed by atoms with Gasteiger partial charge < -0.3 is 0 Å². The van der Waals surface area contributed by atoms with Crippen molar-refractivity contribution in [3.05, 3.63) is 0 Å². The third-order valence-electron chi connectivity index (χ3n) is 6.07. The fourth-order valence-corrected chi connectivity index (χ4v) is 12.9. The first-order chi connectivity index (χ1) is 13.2. The Morgan fingerprint density at radius 2 is 1.78 bits per heavy atom. The van der Waals surface area contributed by atoms with Gasteiger partial charge in [-0.1, -0.05) is 0 Å². The second kappa shape index (κ2) is 10.4. The topological polar surface area (TPSA) is 89.6 Å². The van der Waals surface area contributed by atoms with E-state index in [2.05, 4.69) is 25.8 Å². The number of hydrazine groups is 1. The van der Waals surface area contributed by atoms with Crippen molar-refractivity contribution in [2.75, 3.05) is 0 Å². The van der Waals surface area contributed by atoms with E-state index in [1.54, 1.807) is 0 Å². The molecule has 2 N–H and O–H groups in total. The maximum absolute atomic E-state index is 13.1. The molecule has 2 bridgehead atoms. The molecule has 1 heterocycles. The molecule has 156 valence electrons. The molecule has 0 aromatic carbocycles. The van der Waals surface area contributed by atoms with E-state index in [1.165, 1.54) is 6.42 Å². The summed E-state index contributed by atoms with van der Waals surface area (Å²) in [5.41, 5.74) is 0. The van der Waals surface area contributed by atoms with Gasteiger partial charge in [0.25, 0.3) is 0 Å². The molecule has 0 radical (unpaired) electrons. The van der Waals surface area contributed by atoms with Crippen molar-refractivity contribution in [1.29, 1.82) is 0 Å². The summed E-state index contributed by atoms with van der Waals surface area (Å²) < 4.78 is 20.4. The zero-order chi connectivity index (χ0) is 18.8. The number of rotatable bonds is 7. The Balaban J connectivity index is 1.41. The van der Waals surface area contributed by atoms with Crippen molar-refractivity contribution in [1.82, 2.24) is 10.4 Å². The van der Waals surface area contributed by atoms with E-state index in [0.29, 0.717) is 5.92 Å². The molecule has 4 rings (SSSR count). The second-order valence-corrected chi connectivity index (χ2v) is 29.6. The Morgan fingerprint density at radius 3 is 2.41 bits per heavy atom. The average molecular weight is 830 g/mol. The zero-order valence-corrected chi connectivity index (χ0v) is 23.3. The van der Waals surface area contributed by atoms with Crippen LogP contribution >= 0.6 is 48.1 Å². The third-order valence-corrected chi connectivity index (χ3v) is 18.1. The molecular weight excluding hydrogens is 806 g/mol. The van der Waals surface area contributed by atoms with Gasteiger partial charge in [0.05, 0.1) is 0 Å². The molecule has 27 heavy (non-hydrogen) atoms. The van der Waals surface area contributed by atoms with Crippen LogP contribution < -0.4 is 28.9 Å². The number of fused-ring (bicyclic) bond motifs is 2. The van der Waals surface area contributed by atoms with Crippen molar-refractivity contribution < 1.29 is 40.8 Å². The number of halogens is 4. The van der Waals surface area contributed by atoms with Crippen LogP contribution in [0.25, 0.3) is 0 Å². The van der Waals surface area contributed by atoms with Crippen molar-refractivity contribution >= 4 is 60.0 Å². The summed E-state index contributed by atoms with van der Waals surface area (Å²) in [4.78, 5) is 26.0. The summed E-state index contributed by atoms with van der Waals surface area (Å²) in [6.45, 7) is 0. The van der Waals surface area contributed by atoms with Gasteiger partial charge in [-0.3, -0.25) is 0 Å². The summed E-state index contributed by atoms with van der Waals surface area (Å²) in [6, 6.07) is 0. The monoisotopic (exact) mass is 830 g/mol. The fraction of sp³-hybridized carbons (Fsp3) is 0.875. The number of carbonyl (C=O) groups is 2. The predicted octanol–water partition coefficient (Wildman–Crippen LogP) is 0.802. The van der Waals surface area contributed by atoms with Gasteiger partial charge in [-0.15, -0.1) is 0 Å². The first-order valence-electron chi connectivity index (χ1n) is 9.42. The SMILES string of the molecule is O=C(OC1CCCCC1)C1C2CCC(C2)C1C(=O)OC(NI=II)N1N[I-]1. The van der Waals surface area contributed by atoms with Gasteiger partial charge in [-0.25, -0.2) is 0 Å². The van der Waals surface area contributed by atoms with E-state index in [9.17, 15) is 9.59 Å². The summed E-state index contributed by atoms with van der Waals surface area (Å²) in [5.74, 6) is -0.343. The summed E-state index contributed by atoms with van der Waals surface area (Å²) in [5, 5.41) is 0. The molecule has 4 fully saturated rings. The molecule has 0 spiro atoms. The number of ether oxygens (including phenoxy) is 2. The van der Waals surface area contributed by atoms with Crippen molar-refractivity contribution in [3.63, 3.8) is 0 Å². The van der Waals surface area contributed by atoms with Gasteiger partial charge in [0.15, 0.2) is 0 Å². The van der Waals surface area contributed by atoms with Gasteiger partial charge in [0, 0.05) is 0 Å². The van der Waals surface area contributed by atoms with Gasteiger partial charge >= 0.3 is 199 Å². The average Bonchev–Trinajstić information content (AvgIpc) is 3.32. The molecule has 3 saturated carbocycles. The molecule has 0 aromatic rings. The van der Waals surface area contributed by atoms with Crippen LogP contribution in [0.3, 0.4) is 0 Å². The Kier molecular flexibility index (Phi) is 8.43. The zero-order valence-electron chi connectivity index (χ0n) is 14.7. The molecule has 0 aromatic heterocycles. The normalized spacial score (nSPS) is 37.6. The van der Waals surface area contributed by atoms with Gasteiger partial charge in [0.2, 0.25) is 0 Å². The van der Waals surface area contributed by atoms with Crippen molar-refractivity contribution in [2.24, 2.45) is 23.7 Å². The fourth-order valence-electron chi connectivity index (χ4n) is 4.86. The standard InChI is InChI=1S/C16H24I4N3O4/c17-18-19-21-16(23-20-22-23)27-15(25)13-10-7-6-9(8-10)12(13)14(24)26-11-4-2-1-3-5-11/h9-13,16,21-22H,1-8H2/q-1. The van der Waals surface area contributed by atoms with Crippen LogP contribution in [-0.4, -0.2) is 27.6 Å². The second-order valence-electron chi connectivity index (χ2n) is 7.59. The van der Waals surface area contributed by atoms with Crippen LogP contribution in [0.2, 0.25) is 0 Å². The third kappa shape index (κ3) is 5.51. The molecule has 0 amide bonds. The Bertz CT molecular complexity index is 600. The van der Waals surface area contributed by atoms with E-state index in [-0.39, 0.29) is 93.4 Å². The van der Waals surface area contributed by atoms with Gasteiger partial charge in [-0.05, 0) is 0 Å². The number of hydrogen-bond acceptors (Lipinski definition) is 7. The van der Waals surface area contributed by atoms with Crippen LogP contribution in [0, 0.1) is 23.7 Å². The van der Waals surface area contributed by atoms with Crippen LogP contribution in [0.4, 0.5) is 0 Å². The number of carbonyl (C=O) groups excluding carboxylic acids is 2. The molecule has 3 aliphatic carbocycles. The summed E-state index contributed by atoms with van der Waals surface area (Å²) >= 11 is 2.35. The molecule has 7 nitrogen and oxygen atoms in total. The molecule has 11 heteroatoms. The molecule has 6 unspecified atom stereocenters. The minimum absolute atomic E-state index is 0.0559. The number of hydrogen-bond donors (Lipinski definition) is 2. The molecular formula is C16H24I4N3O4-. The quantitative estimate of drug-likeness (QED) is 0.129. The van der Waals surface area contributed by atoms with Crippen molar-refractivity contribution in [2.45, 2.75) is 63.8 Å². The first kappa shape index (κ1) is 22.0. The summed E-state index contributed by atoms with van der Waals surface area (Å²) in [6.07, 6.45) is 8.25. The Hall–Kier alpha value is 1.74. The number of nitrogens with zero attached hydrogens (tertiary/aromatic N) is 1. The van der Waals surface area contributed by atoms with Crippen LogP contribution in [0.15, 0.2) is 0 Å². The van der Waals surface area contributed by atoms with Gasteiger partial charge in [-0.2, -0.15) is 0 Å². The van der Waals surface area contributed by atoms with Crippen LogP contribution in [0.5, 0.6) is 0 Å². The maximum atomic E-state index is 13.1. The predicted molar refractivity (Wildman–Crippen MR) is 121 cm³/mol. The molecule has 1 saturated heterocycles. The van der Waals surface area contributed by atoms with E-state index >= 15 is 0 Å². The van der Waals surface area contributed by atoms with E-state index in [0.717, 1.165) is 44.9 Å². The minimum atomic E-state index is -0.332.